The summed E-state index contributed by atoms with van der Waals surface area (Å²) in [5, 5.41) is 37.2. The summed E-state index contributed by atoms with van der Waals surface area (Å²) in [6.07, 6.45) is 1.88. The van der Waals surface area contributed by atoms with Crippen molar-refractivity contribution in [3.8, 4) is 0 Å². The summed E-state index contributed by atoms with van der Waals surface area (Å²) in [6.45, 7) is 5.17. The van der Waals surface area contributed by atoms with Gasteiger partial charge in [0.1, 0.15) is 6.10 Å². The molecule has 2 aliphatic heterocycles. The average Bonchev–Trinajstić information content (AvgIpc) is 3.33. The summed E-state index contributed by atoms with van der Waals surface area (Å²) in [7, 11) is 1.91. The lowest BCUT2D eigenvalue weighted by Gasteiger charge is -2.23. The Balaban J connectivity index is 1.47. The Bertz CT molecular complexity index is 781. The van der Waals surface area contributed by atoms with Gasteiger partial charge in [0, 0.05) is 24.8 Å². The molecule has 1 aromatic carbocycles. The Hall–Kier alpha value is -1.55. The maximum atomic E-state index is 12.7. The van der Waals surface area contributed by atoms with Gasteiger partial charge < -0.3 is 35.4 Å². The molecule has 0 bridgehead atoms. The van der Waals surface area contributed by atoms with Crippen molar-refractivity contribution in [3.05, 3.63) is 35.9 Å². The first-order valence-corrected chi connectivity index (χ1v) is 13.6. The number of rotatable bonds is 14. The molecule has 204 valence electrons. The number of benzene rings is 1. The number of nitrogens with one attached hydrogen (secondary N) is 2. The lowest BCUT2D eigenvalue weighted by atomic mass is 9.87. The van der Waals surface area contributed by atoms with E-state index in [4.69, 9.17) is 9.47 Å². The first-order valence-electron chi connectivity index (χ1n) is 13.6. The van der Waals surface area contributed by atoms with Gasteiger partial charge in [0.05, 0.1) is 37.1 Å². The summed E-state index contributed by atoms with van der Waals surface area (Å²) in [6, 6.07) is 9.94. The zero-order chi connectivity index (χ0) is 26.1. The van der Waals surface area contributed by atoms with Crippen LogP contribution in [0.4, 0.5) is 0 Å². The maximum absolute atomic E-state index is 12.7. The van der Waals surface area contributed by atoms with E-state index < -0.39 is 18.3 Å². The summed E-state index contributed by atoms with van der Waals surface area (Å²) >= 11 is 0. The second kappa shape index (κ2) is 14.4. The molecule has 1 amide bonds. The first-order chi connectivity index (χ1) is 17.4. The fourth-order valence-corrected chi connectivity index (χ4v) is 5.85. The molecule has 9 atom stereocenters. The van der Waals surface area contributed by atoms with E-state index in [1.165, 1.54) is 0 Å². The van der Waals surface area contributed by atoms with Crippen molar-refractivity contribution in [1.82, 2.24) is 10.6 Å². The second-order valence-corrected chi connectivity index (χ2v) is 10.5. The van der Waals surface area contributed by atoms with Crippen molar-refractivity contribution >= 4 is 5.91 Å². The smallest absolute Gasteiger partial charge is 0.220 e. The molecule has 0 spiro atoms. The molecule has 0 aromatic heterocycles. The summed E-state index contributed by atoms with van der Waals surface area (Å²) in [4.78, 5) is 12.7. The van der Waals surface area contributed by atoms with E-state index >= 15 is 0 Å². The van der Waals surface area contributed by atoms with E-state index in [0.717, 1.165) is 31.4 Å². The normalized spacial score (nSPS) is 33.1. The molecule has 8 nitrogen and oxygen atoms in total. The predicted octanol–water partition coefficient (Wildman–Crippen LogP) is 1.65. The molecule has 0 saturated carbocycles. The minimum Gasteiger partial charge on any atom is -0.394 e. The lowest BCUT2D eigenvalue weighted by Crippen LogP contribution is -2.36. The molecule has 3 unspecified atom stereocenters. The SMILES string of the molecule is CC[C@H]1O[C@@H](C)[C@@H](CCC(CNC)CNC(=O)CC[C@H]2C(O)[C@@H](CO)O[C@H]2Cc2ccccc2)C1O. The molecule has 2 fully saturated rings. The number of hydrogen-bond donors (Lipinski definition) is 5. The van der Waals surface area contributed by atoms with Gasteiger partial charge in [0.2, 0.25) is 5.91 Å². The van der Waals surface area contributed by atoms with Gasteiger partial charge in [-0.1, -0.05) is 37.3 Å². The van der Waals surface area contributed by atoms with E-state index in [9.17, 15) is 20.1 Å². The minimum absolute atomic E-state index is 0.0430. The molecule has 0 radical (unpaired) electrons. The van der Waals surface area contributed by atoms with Gasteiger partial charge in [0.15, 0.2) is 0 Å². The van der Waals surface area contributed by atoms with Crippen LogP contribution >= 0.6 is 0 Å². The molecule has 8 heteroatoms. The number of ether oxygens (including phenoxy) is 2. The minimum atomic E-state index is -0.789. The highest BCUT2D eigenvalue weighted by atomic mass is 16.5. The lowest BCUT2D eigenvalue weighted by molar-refractivity contribution is -0.121. The van der Waals surface area contributed by atoms with Crippen LogP contribution < -0.4 is 10.6 Å². The van der Waals surface area contributed by atoms with Crippen LogP contribution in [-0.2, 0) is 20.7 Å². The van der Waals surface area contributed by atoms with Crippen LogP contribution in [0.3, 0.4) is 0 Å². The fraction of sp³-hybridized carbons (Fsp3) is 0.750. The largest absolute Gasteiger partial charge is 0.394 e. The van der Waals surface area contributed by atoms with Gasteiger partial charge >= 0.3 is 0 Å². The molecule has 1 aromatic rings. The average molecular weight is 507 g/mol. The molecule has 2 saturated heterocycles. The second-order valence-electron chi connectivity index (χ2n) is 10.5. The van der Waals surface area contributed by atoms with Crippen molar-refractivity contribution in [2.75, 3.05) is 26.7 Å². The zero-order valence-electron chi connectivity index (χ0n) is 22.0. The molecule has 36 heavy (non-hydrogen) atoms. The Kier molecular flexibility index (Phi) is 11.6. The zero-order valence-corrected chi connectivity index (χ0v) is 22.0. The monoisotopic (exact) mass is 506 g/mol. The molecule has 5 N–H and O–H groups in total. The highest BCUT2D eigenvalue weighted by Gasteiger charge is 2.43. The van der Waals surface area contributed by atoms with E-state index in [1.54, 1.807) is 0 Å². The van der Waals surface area contributed by atoms with Crippen LogP contribution in [0.1, 0.15) is 51.5 Å². The van der Waals surface area contributed by atoms with Gasteiger partial charge in [-0.25, -0.2) is 0 Å². The Morgan fingerprint density at radius 1 is 1.00 bits per heavy atom. The molecule has 2 heterocycles. The van der Waals surface area contributed by atoms with Crippen LogP contribution in [-0.4, -0.2) is 84.6 Å². The highest BCUT2D eigenvalue weighted by Crippen LogP contribution is 2.34. The van der Waals surface area contributed by atoms with Gasteiger partial charge in [-0.2, -0.15) is 0 Å². The summed E-state index contributed by atoms with van der Waals surface area (Å²) in [5.74, 6) is 0.120. The maximum Gasteiger partial charge on any atom is 0.220 e. The topological polar surface area (TPSA) is 120 Å². The Morgan fingerprint density at radius 2 is 1.72 bits per heavy atom. The molecule has 3 rings (SSSR count). The van der Waals surface area contributed by atoms with E-state index in [0.29, 0.717) is 25.8 Å². The number of amides is 1. The molecular formula is C28H46N2O6. The van der Waals surface area contributed by atoms with Gasteiger partial charge in [-0.3, -0.25) is 4.79 Å². The van der Waals surface area contributed by atoms with Crippen LogP contribution in [0.25, 0.3) is 0 Å². The van der Waals surface area contributed by atoms with Gasteiger partial charge in [0.25, 0.3) is 0 Å². The van der Waals surface area contributed by atoms with Crippen LogP contribution in [0.2, 0.25) is 0 Å². The van der Waals surface area contributed by atoms with Crippen LogP contribution in [0.5, 0.6) is 0 Å². The van der Waals surface area contributed by atoms with Crippen molar-refractivity contribution in [2.24, 2.45) is 17.8 Å². The van der Waals surface area contributed by atoms with Crippen LogP contribution in [0, 0.1) is 17.8 Å². The summed E-state index contributed by atoms with van der Waals surface area (Å²) in [5.41, 5.74) is 1.11. The number of aliphatic hydroxyl groups is 3. The summed E-state index contributed by atoms with van der Waals surface area (Å²) < 4.78 is 11.8. The van der Waals surface area contributed by atoms with E-state index in [-0.39, 0.29) is 48.6 Å². The number of hydrogen-bond acceptors (Lipinski definition) is 7. The molecule has 0 aliphatic carbocycles. The number of carbonyl (C=O) groups excluding carboxylic acids is 1. The van der Waals surface area contributed by atoms with Crippen LogP contribution in [0.15, 0.2) is 30.3 Å². The first kappa shape index (κ1) is 29.0. The predicted molar refractivity (Wildman–Crippen MR) is 138 cm³/mol. The third-order valence-corrected chi connectivity index (χ3v) is 8.01. The standard InChI is InChI=1S/C28H46N2O6/c1-4-23-27(33)21(18(2)35-23)11-10-20(15-29-3)16-30-26(32)13-12-22-24(36-25(17-31)28(22)34)14-19-8-6-5-7-9-19/h5-9,18,20-25,27-29,31,33-34H,4,10-17H2,1-3H3,(H,30,32)/t18-,20?,21+,22+,23+,24-,25+,27?,28?/m0/s1. The van der Waals surface area contributed by atoms with Crippen molar-refractivity contribution in [3.63, 3.8) is 0 Å². The third kappa shape index (κ3) is 7.73. The van der Waals surface area contributed by atoms with Crippen molar-refractivity contribution in [1.29, 1.82) is 0 Å². The van der Waals surface area contributed by atoms with Gasteiger partial charge in [-0.05, 0) is 64.1 Å². The third-order valence-electron chi connectivity index (χ3n) is 8.01. The van der Waals surface area contributed by atoms with E-state index in [2.05, 4.69) is 10.6 Å². The van der Waals surface area contributed by atoms with E-state index in [1.807, 2.05) is 51.2 Å². The van der Waals surface area contributed by atoms with Gasteiger partial charge in [-0.15, -0.1) is 0 Å². The fourth-order valence-electron chi connectivity index (χ4n) is 5.85. The molecular weight excluding hydrogens is 460 g/mol. The Labute approximate surface area is 215 Å². The number of carbonyl (C=O) groups is 1. The number of aliphatic hydroxyl groups excluding tert-OH is 3. The highest BCUT2D eigenvalue weighted by molar-refractivity contribution is 5.75. The van der Waals surface area contributed by atoms with Crippen molar-refractivity contribution in [2.45, 2.75) is 89.0 Å². The molecule has 2 aliphatic rings. The Morgan fingerprint density at radius 3 is 2.36 bits per heavy atom. The quantitative estimate of drug-likeness (QED) is 0.260. The van der Waals surface area contributed by atoms with Crippen molar-refractivity contribution < 1.29 is 29.6 Å².